The summed E-state index contributed by atoms with van der Waals surface area (Å²) in [5.74, 6) is -0.314. The number of fused-ring (bicyclic) bond motifs is 1. The molecule has 2 aromatic rings. The summed E-state index contributed by atoms with van der Waals surface area (Å²) in [6.07, 6.45) is 0. The Kier molecular flexibility index (Phi) is 3.02. The van der Waals surface area contributed by atoms with Gasteiger partial charge in [0.1, 0.15) is 5.01 Å². The largest absolute Gasteiger partial charge is 0.465 e. The molecule has 0 atom stereocenters. The molecule has 0 amide bonds. The number of thiazole rings is 1. The third kappa shape index (κ3) is 2.03. The third-order valence-corrected chi connectivity index (χ3v) is 3.89. The number of hydrogen-bond donors (Lipinski definition) is 0. The molecule has 78 valence electrons. The van der Waals surface area contributed by atoms with E-state index < -0.39 is 0 Å². The van der Waals surface area contributed by atoms with Crippen molar-refractivity contribution in [2.45, 2.75) is 5.33 Å². The van der Waals surface area contributed by atoms with E-state index in [2.05, 4.69) is 25.7 Å². The molecule has 0 aliphatic heterocycles. The Labute approximate surface area is 99.2 Å². The molecule has 0 aliphatic carbocycles. The lowest BCUT2D eigenvalue weighted by Gasteiger charge is -1.97. The molecule has 3 nitrogen and oxygen atoms in total. The summed E-state index contributed by atoms with van der Waals surface area (Å²) in [5.41, 5.74) is 1.48. The number of carbonyl (C=O) groups excluding carboxylic acids is 1. The second kappa shape index (κ2) is 4.28. The summed E-state index contributed by atoms with van der Waals surface area (Å²) in [6, 6.07) is 5.38. The lowest BCUT2D eigenvalue weighted by Crippen LogP contribution is -1.99. The van der Waals surface area contributed by atoms with E-state index in [1.807, 2.05) is 12.1 Å². The van der Waals surface area contributed by atoms with Gasteiger partial charge in [0.15, 0.2) is 0 Å². The molecule has 0 saturated heterocycles. The summed E-state index contributed by atoms with van der Waals surface area (Å²) >= 11 is 4.93. The van der Waals surface area contributed by atoms with Crippen LogP contribution in [0.25, 0.3) is 10.2 Å². The zero-order valence-electron chi connectivity index (χ0n) is 7.99. The molecular formula is C10H8BrNO2S. The van der Waals surface area contributed by atoms with E-state index in [4.69, 9.17) is 0 Å². The van der Waals surface area contributed by atoms with Gasteiger partial charge < -0.3 is 4.74 Å². The van der Waals surface area contributed by atoms with E-state index in [9.17, 15) is 4.79 Å². The minimum atomic E-state index is -0.314. The van der Waals surface area contributed by atoms with Crippen LogP contribution in [0.1, 0.15) is 15.4 Å². The monoisotopic (exact) mass is 285 g/mol. The topological polar surface area (TPSA) is 39.2 Å². The van der Waals surface area contributed by atoms with Crippen molar-refractivity contribution in [2.75, 3.05) is 7.11 Å². The van der Waals surface area contributed by atoms with E-state index in [0.29, 0.717) is 5.56 Å². The molecule has 0 saturated carbocycles. The maximum atomic E-state index is 11.3. The van der Waals surface area contributed by atoms with Crippen molar-refractivity contribution in [1.82, 2.24) is 4.98 Å². The molecule has 1 aromatic carbocycles. The number of methoxy groups -OCH3 is 1. The van der Waals surface area contributed by atoms with Gasteiger partial charge in [-0.2, -0.15) is 0 Å². The Morgan fingerprint density at radius 1 is 1.60 bits per heavy atom. The number of nitrogens with zero attached hydrogens (tertiary/aromatic N) is 1. The first-order chi connectivity index (χ1) is 7.24. The van der Waals surface area contributed by atoms with Gasteiger partial charge in [-0.3, -0.25) is 0 Å². The van der Waals surface area contributed by atoms with Crippen molar-refractivity contribution in [1.29, 1.82) is 0 Å². The van der Waals surface area contributed by atoms with Crippen LogP contribution in [0, 0.1) is 0 Å². The molecule has 15 heavy (non-hydrogen) atoms. The minimum Gasteiger partial charge on any atom is -0.465 e. The van der Waals surface area contributed by atoms with Gasteiger partial charge in [0, 0.05) is 0 Å². The van der Waals surface area contributed by atoms with Crippen molar-refractivity contribution < 1.29 is 9.53 Å². The van der Waals surface area contributed by atoms with Crippen molar-refractivity contribution in [3.63, 3.8) is 0 Å². The Hall–Kier alpha value is -0.940. The zero-order chi connectivity index (χ0) is 10.8. The Morgan fingerprint density at radius 2 is 2.40 bits per heavy atom. The molecule has 5 heteroatoms. The van der Waals surface area contributed by atoms with Gasteiger partial charge in [0.05, 0.1) is 28.2 Å². The van der Waals surface area contributed by atoms with E-state index in [1.54, 1.807) is 17.4 Å². The summed E-state index contributed by atoms with van der Waals surface area (Å²) < 4.78 is 5.66. The Bertz CT molecular complexity index is 509. The number of esters is 1. The van der Waals surface area contributed by atoms with Crippen LogP contribution in [-0.2, 0) is 10.1 Å². The fourth-order valence-electron chi connectivity index (χ4n) is 1.27. The molecule has 0 bridgehead atoms. The fraction of sp³-hybridized carbons (Fsp3) is 0.200. The van der Waals surface area contributed by atoms with Crippen LogP contribution < -0.4 is 0 Å². The number of hydrogen-bond acceptors (Lipinski definition) is 4. The molecule has 0 spiro atoms. The highest BCUT2D eigenvalue weighted by Gasteiger charge is 2.08. The quantitative estimate of drug-likeness (QED) is 0.629. The maximum absolute atomic E-state index is 11.3. The van der Waals surface area contributed by atoms with Gasteiger partial charge in [-0.05, 0) is 18.2 Å². The van der Waals surface area contributed by atoms with Crippen molar-refractivity contribution in [3.05, 3.63) is 28.8 Å². The van der Waals surface area contributed by atoms with Gasteiger partial charge in [0.25, 0.3) is 0 Å². The Morgan fingerprint density at radius 3 is 3.07 bits per heavy atom. The van der Waals surface area contributed by atoms with Gasteiger partial charge in [0.2, 0.25) is 0 Å². The molecule has 0 aliphatic rings. The van der Waals surface area contributed by atoms with Crippen molar-refractivity contribution in [2.24, 2.45) is 0 Å². The van der Waals surface area contributed by atoms with Crippen molar-refractivity contribution in [3.8, 4) is 0 Å². The normalized spacial score (nSPS) is 10.5. The van der Waals surface area contributed by atoms with Crippen LogP contribution in [0.2, 0.25) is 0 Å². The molecule has 0 unspecified atom stereocenters. The number of carbonyl (C=O) groups is 1. The Balaban J connectivity index is 2.50. The molecule has 2 rings (SSSR count). The highest BCUT2D eigenvalue weighted by atomic mass is 79.9. The molecule has 0 N–H and O–H groups in total. The molecule has 1 aromatic heterocycles. The number of halogens is 1. The van der Waals surface area contributed by atoms with Gasteiger partial charge in [-0.1, -0.05) is 15.9 Å². The zero-order valence-corrected chi connectivity index (χ0v) is 10.4. The number of benzene rings is 1. The van der Waals surface area contributed by atoms with Crippen LogP contribution in [-0.4, -0.2) is 18.1 Å². The molecular weight excluding hydrogens is 278 g/mol. The number of aromatic nitrogens is 1. The maximum Gasteiger partial charge on any atom is 0.337 e. The highest BCUT2D eigenvalue weighted by Crippen LogP contribution is 2.24. The summed E-state index contributed by atoms with van der Waals surface area (Å²) in [6.45, 7) is 0. The summed E-state index contributed by atoms with van der Waals surface area (Å²) in [5, 5.41) is 1.74. The van der Waals surface area contributed by atoms with E-state index in [0.717, 1.165) is 20.6 Å². The van der Waals surface area contributed by atoms with Gasteiger partial charge >= 0.3 is 5.97 Å². The lowest BCUT2D eigenvalue weighted by atomic mass is 10.2. The second-order valence-electron chi connectivity index (χ2n) is 2.92. The second-order valence-corrected chi connectivity index (χ2v) is 4.59. The average molecular weight is 286 g/mol. The van der Waals surface area contributed by atoms with Crippen molar-refractivity contribution >= 4 is 43.5 Å². The number of ether oxygens (including phenoxy) is 1. The standard InChI is InChI=1S/C10H8BrNO2S/c1-14-10(13)6-2-3-7-8(4-6)15-9(5-11)12-7/h2-4H,5H2,1H3. The van der Waals surface area contributed by atoms with Crippen LogP contribution in [0.5, 0.6) is 0 Å². The first-order valence-electron chi connectivity index (χ1n) is 4.28. The molecule has 0 radical (unpaired) electrons. The minimum absolute atomic E-state index is 0.314. The van der Waals surface area contributed by atoms with Gasteiger partial charge in [-0.15, -0.1) is 11.3 Å². The predicted molar refractivity (Wildman–Crippen MR) is 63.6 cm³/mol. The first kappa shape index (κ1) is 10.6. The third-order valence-electron chi connectivity index (χ3n) is 1.97. The predicted octanol–water partition coefficient (Wildman–Crippen LogP) is 2.98. The van der Waals surface area contributed by atoms with E-state index in [1.165, 1.54) is 7.11 Å². The SMILES string of the molecule is COC(=O)c1ccc2nc(CBr)sc2c1. The first-order valence-corrected chi connectivity index (χ1v) is 6.22. The molecule has 1 heterocycles. The summed E-state index contributed by atoms with van der Waals surface area (Å²) in [4.78, 5) is 15.7. The number of alkyl halides is 1. The van der Waals surface area contributed by atoms with E-state index in [-0.39, 0.29) is 5.97 Å². The number of rotatable bonds is 2. The van der Waals surface area contributed by atoms with E-state index >= 15 is 0 Å². The summed E-state index contributed by atoms with van der Waals surface area (Å²) in [7, 11) is 1.38. The fourth-order valence-corrected chi connectivity index (χ4v) is 2.60. The van der Waals surface area contributed by atoms with Gasteiger partial charge in [-0.25, -0.2) is 9.78 Å². The molecule has 0 fully saturated rings. The smallest absolute Gasteiger partial charge is 0.337 e. The van der Waals surface area contributed by atoms with Crippen LogP contribution in [0.4, 0.5) is 0 Å². The lowest BCUT2D eigenvalue weighted by molar-refractivity contribution is 0.0601. The average Bonchev–Trinajstić information content (AvgIpc) is 2.69. The highest BCUT2D eigenvalue weighted by molar-refractivity contribution is 9.08. The van der Waals surface area contributed by atoms with Crippen LogP contribution >= 0.6 is 27.3 Å². The van der Waals surface area contributed by atoms with Crippen LogP contribution in [0.3, 0.4) is 0 Å². The van der Waals surface area contributed by atoms with Crippen LogP contribution in [0.15, 0.2) is 18.2 Å².